The summed E-state index contributed by atoms with van der Waals surface area (Å²) < 4.78 is 6.37. The predicted octanol–water partition coefficient (Wildman–Crippen LogP) is 3.41. The van der Waals surface area contributed by atoms with E-state index in [0.29, 0.717) is 0 Å². The Morgan fingerprint density at radius 1 is 1.44 bits per heavy atom. The number of rotatable bonds is 5. The summed E-state index contributed by atoms with van der Waals surface area (Å²) in [4.78, 5) is 0. The van der Waals surface area contributed by atoms with Gasteiger partial charge in [0, 0.05) is 11.1 Å². The van der Waals surface area contributed by atoms with E-state index in [9.17, 15) is 5.11 Å². The molecule has 0 heterocycles. The zero-order chi connectivity index (χ0) is 12.2. The molecule has 0 aromatic heterocycles. The fraction of sp³-hybridized carbons (Fsp3) is 0.538. The van der Waals surface area contributed by atoms with Crippen molar-refractivity contribution in [1.82, 2.24) is 0 Å². The third-order valence-corrected chi connectivity index (χ3v) is 3.59. The molecule has 2 nitrogen and oxygen atoms in total. The van der Waals surface area contributed by atoms with Crippen LogP contribution in [-0.2, 0) is 6.42 Å². The summed E-state index contributed by atoms with van der Waals surface area (Å²) >= 11 is 3.46. The fourth-order valence-corrected chi connectivity index (χ4v) is 2.05. The van der Waals surface area contributed by atoms with Crippen molar-refractivity contribution < 1.29 is 9.84 Å². The van der Waals surface area contributed by atoms with Gasteiger partial charge in [0.15, 0.2) is 0 Å². The molecule has 0 amide bonds. The third kappa shape index (κ3) is 3.22. The normalized spacial score (nSPS) is 14.6. The van der Waals surface area contributed by atoms with E-state index >= 15 is 0 Å². The summed E-state index contributed by atoms with van der Waals surface area (Å²) in [6.45, 7) is 4.38. The van der Waals surface area contributed by atoms with Crippen LogP contribution in [0.2, 0.25) is 0 Å². The van der Waals surface area contributed by atoms with E-state index < -0.39 is 0 Å². The Kier molecular flexibility index (Phi) is 4.81. The van der Waals surface area contributed by atoms with Crippen LogP contribution in [0.5, 0.6) is 5.75 Å². The number of hydrogen-bond donors (Lipinski definition) is 1. The van der Waals surface area contributed by atoms with Crippen LogP contribution in [0.25, 0.3) is 0 Å². The molecule has 1 N–H and O–H groups in total. The van der Waals surface area contributed by atoms with Crippen LogP contribution in [0.4, 0.5) is 0 Å². The fourth-order valence-electron chi connectivity index (χ4n) is 1.64. The molecule has 0 saturated carbocycles. The summed E-state index contributed by atoms with van der Waals surface area (Å²) in [5.41, 5.74) is 1.06. The molecule has 0 aliphatic heterocycles. The average molecular weight is 287 g/mol. The number of halogens is 1. The summed E-state index contributed by atoms with van der Waals surface area (Å²) in [5.74, 6) is 0.885. The van der Waals surface area contributed by atoms with E-state index in [-0.39, 0.29) is 12.0 Å². The lowest BCUT2D eigenvalue weighted by Crippen LogP contribution is -2.23. The number of methoxy groups -OCH3 is 1. The van der Waals surface area contributed by atoms with Crippen molar-refractivity contribution in [2.75, 3.05) is 13.7 Å². The highest BCUT2D eigenvalue weighted by atomic mass is 79.9. The molecule has 0 saturated heterocycles. The first-order valence-electron chi connectivity index (χ1n) is 5.48. The molecule has 90 valence electrons. The minimum absolute atomic E-state index is 0.0753. The summed E-state index contributed by atoms with van der Waals surface area (Å²) in [6.07, 6.45) is 1.77. The second-order valence-corrected chi connectivity index (χ2v) is 5.37. The molecule has 0 fully saturated rings. The van der Waals surface area contributed by atoms with Gasteiger partial charge >= 0.3 is 0 Å². The first-order chi connectivity index (χ1) is 7.54. The van der Waals surface area contributed by atoms with Gasteiger partial charge in [-0.15, -0.1) is 0 Å². The number of aliphatic hydroxyl groups is 1. The molecule has 1 aromatic rings. The van der Waals surface area contributed by atoms with E-state index in [0.717, 1.165) is 28.6 Å². The van der Waals surface area contributed by atoms with Crippen LogP contribution < -0.4 is 4.74 Å². The van der Waals surface area contributed by atoms with Gasteiger partial charge < -0.3 is 9.84 Å². The lowest BCUT2D eigenvalue weighted by Gasteiger charge is -2.26. The molecule has 3 heteroatoms. The Morgan fingerprint density at radius 2 is 2.12 bits per heavy atom. The quantitative estimate of drug-likeness (QED) is 0.899. The van der Waals surface area contributed by atoms with Crippen LogP contribution in [0.1, 0.15) is 25.8 Å². The van der Waals surface area contributed by atoms with Crippen molar-refractivity contribution in [1.29, 1.82) is 0 Å². The molecular formula is C13H19BrO2. The van der Waals surface area contributed by atoms with Crippen LogP contribution >= 0.6 is 15.9 Å². The van der Waals surface area contributed by atoms with Gasteiger partial charge in [-0.1, -0.05) is 29.8 Å². The molecule has 1 unspecified atom stereocenters. The van der Waals surface area contributed by atoms with Crippen molar-refractivity contribution in [3.8, 4) is 5.75 Å². The molecule has 0 aliphatic carbocycles. The van der Waals surface area contributed by atoms with Gasteiger partial charge in [0.1, 0.15) is 5.75 Å². The molecule has 1 rings (SSSR count). The van der Waals surface area contributed by atoms with Crippen LogP contribution in [0, 0.1) is 5.41 Å². The Balaban J connectivity index is 2.98. The highest BCUT2D eigenvalue weighted by Gasteiger charge is 2.23. The summed E-state index contributed by atoms with van der Waals surface area (Å²) in [7, 11) is 1.68. The van der Waals surface area contributed by atoms with Crippen LogP contribution in [0.15, 0.2) is 22.7 Å². The standard InChI is InChI=1S/C13H19BrO2/c1-4-13(2,9-15)8-10-7-11(14)5-6-12(10)16-3/h5-7,15H,4,8-9H2,1-3H3. The van der Waals surface area contributed by atoms with Gasteiger partial charge in [-0.3, -0.25) is 0 Å². The van der Waals surface area contributed by atoms with E-state index in [1.165, 1.54) is 0 Å². The predicted molar refractivity (Wildman–Crippen MR) is 69.9 cm³/mol. The SMILES string of the molecule is CCC(C)(CO)Cc1cc(Br)ccc1OC. The van der Waals surface area contributed by atoms with Crippen molar-refractivity contribution in [2.45, 2.75) is 26.7 Å². The van der Waals surface area contributed by atoms with E-state index in [1.54, 1.807) is 7.11 Å². The lowest BCUT2D eigenvalue weighted by molar-refractivity contribution is 0.137. The largest absolute Gasteiger partial charge is 0.496 e. The monoisotopic (exact) mass is 286 g/mol. The topological polar surface area (TPSA) is 29.5 Å². The summed E-state index contributed by atoms with van der Waals surface area (Å²) in [6, 6.07) is 5.97. The number of benzene rings is 1. The van der Waals surface area contributed by atoms with Crippen molar-refractivity contribution in [2.24, 2.45) is 5.41 Å². The Morgan fingerprint density at radius 3 is 2.62 bits per heavy atom. The van der Waals surface area contributed by atoms with E-state index in [2.05, 4.69) is 35.8 Å². The lowest BCUT2D eigenvalue weighted by atomic mass is 9.82. The average Bonchev–Trinajstić information content (AvgIpc) is 2.29. The van der Waals surface area contributed by atoms with Crippen LogP contribution in [0.3, 0.4) is 0 Å². The van der Waals surface area contributed by atoms with Gasteiger partial charge in [-0.25, -0.2) is 0 Å². The smallest absolute Gasteiger partial charge is 0.122 e. The molecule has 1 atom stereocenters. The Bertz CT molecular complexity index is 346. The highest BCUT2D eigenvalue weighted by Crippen LogP contribution is 2.32. The van der Waals surface area contributed by atoms with Gasteiger partial charge in [-0.2, -0.15) is 0 Å². The minimum atomic E-state index is -0.0753. The second-order valence-electron chi connectivity index (χ2n) is 4.46. The number of ether oxygens (including phenoxy) is 1. The molecule has 0 radical (unpaired) electrons. The maximum atomic E-state index is 9.43. The second kappa shape index (κ2) is 5.69. The van der Waals surface area contributed by atoms with Gasteiger partial charge in [-0.05, 0) is 42.0 Å². The van der Waals surface area contributed by atoms with Crippen molar-refractivity contribution in [3.63, 3.8) is 0 Å². The molecule has 0 spiro atoms. The summed E-state index contributed by atoms with van der Waals surface area (Å²) in [5, 5.41) is 9.43. The van der Waals surface area contributed by atoms with Crippen molar-refractivity contribution in [3.05, 3.63) is 28.2 Å². The molecule has 0 bridgehead atoms. The number of hydrogen-bond acceptors (Lipinski definition) is 2. The zero-order valence-electron chi connectivity index (χ0n) is 10.1. The first kappa shape index (κ1) is 13.5. The minimum Gasteiger partial charge on any atom is -0.496 e. The molecule has 1 aromatic carbocycles. The van der Waals surface area contributed by atoms with Gasteiger partial charge in [0.2, 0.25) is 0 Å². The maximum absolute atomic E-state index is 9.43. The van der Waals surface area contributed by atoms with Crippen LogP contribution in [-0.4, -0.2) is 18.8 Å². The first-order valence-corrected chi connectivity index (χ1v) is 6.27. The molecule has 16 heavy (non-hydrogen) atoms. The van der Waals surface area contributed by atoms with E-state index in [4.69, 9.17) is 4.74 Å². The molecule has 0 aliphatic rings. The maximum Gasteiger partial charge on any atom is 0.122 e. The van der Waals surface area contributed by atoms with Crippen molar-refractivity contribution >= 4 is 15.9 Å². The number of aliphatic hydroxyl groups excluding tert-OH is 1. The van der Waals surface area contributed by atoms with Gasteiger partial charge in [0.05, 0.1) is 7.11 Å². The Hall–Kier alpha value is -0.540. The third-order valence-electron chi connectivity index (χ3n) is 3.09. The highest BCUT2D eigenvalue weighted by molar-refractivity contribution is 9.10. The Labute approximate surface area is 106 Å². The van der Waals surface area contributed by atoms with E-state index in [1.807, 2.05) is 12.1 Å². The van der Waals surface area contributed by atoms with Gasteiger partial charge in [0.25, 0.3) is 0 Å². The molecular weight excluding hydrogens is 268 g/mol. The zero-order valence-corrected chi connectivity index (χ0v) is 11.7.